The number of piperidine rings is 1. The number of imidazole rings is 1. The van der Waals surface area contributed by atoms with Crippen molar-refractivity contribution < 1.29 is 4.79 Å². The molecule has 28 heavy (non-hydrogen) atoms. The Kier molecular flexibility index (Phi) is 7.06. The average Bonchev–Trinajstić information content (AvgIpc) is 3.02. The van der Waals surface area contributed by atoms with Crippen molar-refractivity contribution in [3.8, 4) is 0 Å². The molecule has 5 nitrogen and oxygen atoms in total. The van der Waals surface area contributed by atoms with E-state index in [1.54, 1.807) is 0 Å². The van der Waals surface area contributed by atoms with E-state index in [0.717, 1.165) is 68.7 Å². The summed E-state index contributed by atoms with van der Waals surface area (Å²) in [4.78, 5) is 23.4. The predicted molar refractivity (Wildman–Crippen MR) is 119 cm³/mol. The first-order valence-corrected chi connectivity index (χ1v) is 9.93. The fourth-order valence-corrected chi connectivity index (χ4v) is 4.91. The third-order valence-electron chi connectivity index (χ3n) is 6.82. The van der Waals surface area contributed by atoms with Crippen molar-refractivity contribution in [2.24, 2.45) is 10.8 Å². The predicted octanol–water partition coefficient (Wildman–Crippen LogP) is 3.89. The molecule has 2 heterocycles. The van der Waals surface area contributed by atoms with Gasteiger partial charge in [0, 0.05) is 19.5 Å². The molecule has 1 spiro atoms. The van der Waals surface area contributed by atoms with Gasteiger partial charge in [-0.05, 0) is 63.2 Å². The number of benzene rings is 1. The molecule has 1 aliphatic heterocycles. The number of H-pyrrole nitrogens is 1. The topological polar surface area (TPSA) is 61.0 Å². The van der Waals surface area contributed by atoms with Crippen LogP contribution in [-0.2, 0) is 11.2 Å². The number of nitrogens with one attached hydrogen (secondary N) is 2. The summed E-state index contributed by atoms with van der Waals surface area (Å²) in [6.45, 7) is 9.96. The summed E-state index contributed by atoms with van der Waals surface area (Å²) in [6.07, 6.45) is 4.10. The van der Waals surface area contributed by atoms with Gasteiger partial charge in [-0.15, -0.1) is 24.8 Å². The number of carbonyl (C=O) groups is 1. The maximum atomic E-state index is 13.3. The quantitative estimate of drug-likeness (QED) is 0.761. The monoisotopic (exact) mass is 426 g/mol. The molecule has 1 amide bonds. The third-order valence-corrected chi connectivity index (χ3v) is 6.82. The first-order chi connectivity index (χ1) is 12.5. The first-order valence-electron chi connectivity index (χ1n) is 9.93. The molecule has 0 radical (unpaired) electrons. The Hall–Kier alpha value is -1.30. The third kappa shape index (κ3) is 3.77. The second kappa shape index (κ2) is 8.60. The second-order valence-electron chi connectivity index (χ2n) is 8.33. The van der Waals surface area contributed by atoms with Crippen LogP contribution in [0.5, 0.6) is 0 Å². The molecule has 1 aliphatic carbocycles. The van der Waals surface area contributed by atoms with Gasteiger partial charge in [-0.1, -0.05) is 19.1 Å². The highest BCUT2D eigenvalue weighted by Crippen LogP contribution is 2.68. The molecule has 7 heteroatoms. The molecular formula is C21H32Cl2N4O. The molecule has 1 atom stereocenters. The summed E-state index contributed by atoms with van der Waals surface area (Å²) in [6, 6.07) is 6.20. The summed E-state index contributed by atoms with van der Waals surface area (Å²) < 4.78 is 0. The molecule has 2 aromatic rings. The number of carbonyl (C=O) groups excluding carboxylic acids is 1. The van der Waals surface area contributed by atoms with Crippen LogP contribution in [0, 0.1) is 17.8 Å². The largest absolute Gasteiger partial charge is 0.342 e. The van der Waals surface area contributed by atoms with Gasteiger partial charge in [0.1, 0.15) is 5.82 Å². The second-order valence-corrected chi connectivity index (χ2v) is 8.33. The van der Waals surface area contributed by atoms with E-state index in [4.69, 9.17) is 4.98 Å². The van der Waals surface area contributed by atoms with E-state index in [9.17, 15) is 4.79 Å². The van der Waals surface area contributed by atoms with Crippen molar-refractivity contribution in [2.75, 3.05) is 26.2 Å². The molecule has 2 N–H and O–H groups in total. The molecule has 1 aromatic heterocycles. The number of hydrogen-bond donors (Lipinski definition) is 2. The minimum absolute atomic E-state index is 0. The number of likely N-dealkylation sites (N-methyl/N-ethyl adjacent to an activating group) is 1. The number of aryl methyl sites for hydroxylation is 1. The van der Waals surface area contributed by atoms with Gasteiger partial charge in [0.2, 0.25) is 5.91 Å². The van der Waals surface area contributed by atoms with Crippen molar-refractivity contribution in [2.45, 2.75) is 46.5 Å². The minimum Gasteiger partial charge on any atom is -0.342 e. The summed E-state index contributed by atoms with van der Waals surface area (Å²) in [7, 11) is 0. The number of halogens is 2. The number of amides is 1. The lowest BCUT2D eigenvalue weighted by Gasteiger charge is -2.31. The molecule has 2 fully saturated rings. The summed E-state index contributed by atoms with van der Waals surface area (Å²) in [5.74, 6) is 1.31. The van der Waals surface area contributed by atoms with Gasteiger partial charge in [0.15, 0.2) is 0 Å². The minimum atomic E-state index is -0.157. The highest BCUT2D eigenvalue weighted by Gasteiger charge is 2.68. The van der Waals surface area contributed by atoms with Crippen LogP contribution in [0.25, 0.3) is 11.0 Å². The molecule has 2 aliphatic rings. The fraction of sp³-hybridized carbons (Fsp3) is 0.619. The zero-order valence-corrected chi connectivity index (χ0v) is 18.6. The van der Waals surface area contributed by atoms with Crippen LogP contribution in [0.15, 0.2) is 18.2 Å². The first kappa shape index (κ1) is 23.0. The van der Waals surface area contributed by atoms with Gasteiger partial charge >= 0.3 is 0 Å². The zero-order chi connectivity index (χ0) is 18.4. The lowest BCUT2D eigenvalue weighted by Crippen LogP contribution is -2.42. The standard InChI is InChI=1S/C21H30N4O.2ClH/c1-4-25(19(26)20(3)14-21(20)9-11-22-12-10-21)13-8-17-23-16-7-5-6-15(2)18(16)24-17;;/h5-7,22H,4,8-14H2,1-3H3,(H,23,24);2*1H. The Balaban J connectivity index is 0.00000140. The SMILES string of the molecule is CCN(CCc1nc2c(C)cccc2[nH]1)C(=O)C1(C)CC12CCNCC2.Cl.Cl. The molecule has 1 saturated carbocycles. The Bertz CT molecular complexity index is 831. The summed E-state index contributed by atoms with van der Waals surface area (Å²) in [5.41, 5.74) is 3.40. The molecule has 1 unspecified atom stereocenters. The molecule has 1 saturated heterocycles. The molecule has 1 aromatic carbocycles. The van der Waals surface area contributed by atoms with Crippen molar-refractivity contribution in [1.29, 1.82) is 0 Å². The molecule has 4 rings (SSSR count). The molecular weight excluding hydrogens is 395 g/mol. The van der Waals surface area contributed by atoms with Crippen LogP contribution in [-0.4, -0.2) is 47.0 Å². The maximum absolute atomic E-state index is 13.3. The van der Waals surface area contributed by atoms with Gasteiger partial charge < -0.3 is 15.2 Å². The Morgan fingerprint density at radius 1 is 1.25 bits per heavy atom. The lowest BCUT2D eigenvalue weighted by atomic mass is 9.85. The number of aromatic amines is 1. The van der Waals surface area contributed by atoms with E-state index < -0.39 is 0 Å². The van der Waals surface area contributed by atoms with Gasteiger partial charge in [0.05, 0.1) is 16.4 Å². The van der Waals surface area contributed by atoms with Gasteiger partial charge in [0.25, 0.3) is 0 Å². The lowest BCUT2D eigenvalue weighted by molar-refractivity contribution is -0.138. The van der Waals surface area contributed by atoms with Crippen molar-refractivity contribution >= 4 is 41.8 Å². The average molecular weight is 427 g/mol. The number of para-hydroxylation sites is 1. The normalized spacial score (nSPS) is 22.4. The van der Waals surface area contributed by atoms with E-state index in [1.807, 2.05) is 11.0 Å². The van der Waals surface area contributed by atoms with E-state index in [-0.39, 0.29) is 35.6 Å². The summed E-state index contributed by atoms with van der Waals surface area (Å²) >= 11 is 0. The van der Waals surface area contributed by atoms with E-state index >= 15 is 0 Å². The van der Waals surface area contributed by atoms with Crippen molar-refractivity contribution in [3.05, 3.63) is 29.6 Å². The van der Waals surface area contributed by atoms with Crippen molar-refractivity contribution in [3.63, 3.8) is 0 Å². The highest BCUT2D eigenvalue weighted by atomic mass is 35.5. The fourth-order valence-electron chi connectivity index (χ4n) is 4.91. The molecule has 0 bridgehead atoms. The Labute approximate surface area is 179 Å². The van der Waals surface area contributed by atoms with E-state index in [0.29, 0.717) is 5.91 Å². The van der Waals surface area contributed by atoms with Crippen LogP contribution in [0.3, 0.4) is 0 Å². The Morgan fingerprint density at radius 2 is 1.96 bits per heavy atom. The van der Waals surface area contributed by atoms with Crippen molar-refractivity contribution in [1.82, 2.24) is 20.2 Å². The number of nitrogens with zero attached hydrogens (tertiary/aromatic N) is 2. The van der Waals surface area contributed by atoms with Crippen LogP contribution >= 0.6 is 24.8 Å². The number of rotatable bonds is 5. The highest BCUT2D eigenvalue weighted by molar-refractivity contribution is 5.87. The van der Waals surface area contributed by atoms with Gasteiger partial charge in [-0.3, -0.25) is 4.79 Å². The smallest absolute Gasteiger partial charge is 0.229 e. The summed E-state index contributed by atoms with van der Waals surface area (Å²) in [5, 5.41) is 3.43. The van der Waals surface area contributed by atoms with Crippen LogP contribution < -0.4 is 5.32 Å². The molecule has 156 valence electrons. The number of aromatic nitrogens is 2. The Morgan fingerprint density at radius 3 is 2.61 bits per heavy atom. The number of hydrogen-bond acceptors (Lipinski definition) is 3. The van der Waals surface area contributed by atoms with Crippen LogP contribution in [0.1, 0.15) is 44.5 Å². The van der Waals surface area contributed by atoms with Gasteiger partial charge in [-0.2, -0.15) is 0 Å². The number of fused-ring (bicyclic) bond motifs is 1. The van der Waals surface area contributed by atoms with Crippen LogP contribution in [0.4, 0.5) is 0 Å². The van der Waals surface area contributed by atoms with Gasteiger partial charge in [-0.25, -0.2) is 4.98 Å². The zero-order valence-electron chi connectivity index (χ0n) is 17.0. The van der Waals surface area contributed by atoms with Crippen LogP contribution in [0.2, 0.25) is 0 Å². The maximum Gasteiger partial charge on any atom is 0.229 e. The van der Waals surface area contributed by atoms with E-state index in [1.165, 1.54) is 5.56 Å². The van der Waals surface area contributed by atoms with E-state index in [2.05, 4.69) is 43.2 Å².